The lowest BCUT2D eigenvalue weighted by atomic mass is 9.91. The van der Waals surface area contributed by atoms with Gasteiger partial charge in [-0.2, -0.15) is 0 Å². The molecule has 2 aliphatic heterocycles. The maximum Gasteiger partial charge on any atom is 0.573 e. The van der Waals surface area contributed by atoms with E-state index in [0.717, 1.165) is 64.2 Å². The topological polar surface area (TPSA) is 65.0 Å². The zero-order valence-electron chi connectivity index (χ0n) is 20.2. The van der Waals surface area contributed by atoms with Crippen molar-refractivity contribution in [1.82, 2.24) is 24.9 Å². The van der Waals surface area contributed by atoms with Gasteiger partial charge in [0.25, 0.3) is 0 Å². The quantitative estimate of drug-likeness (QED) is 0.600. The van der Waals surface area contributed by atoms with Crippen LogP contribution in [0, 0.1) is 0 Å². The standard InChI is InChI=1S/C25H31F3N6O2/c26-25(27,28)36-21-6-4-19(5-7-21)22-8-9-23(30-29-22)33-12-10-31(11-13-33)18-24(35)34-16-14-32(15-17-34)20-2-1-3-20/h4-9,20H,1-3,10-18H2. The second kappa shape index (κ2) is 10.6. The van der Waals surface area contributed by atoms with Gasteiger partial charge in [-0.3, -0.25) is 14.6 Å². The number of piperazine rings is 2. The Morgan fingerprint density at radius 2 is 1.58 bits per heavy atom. The number of halogens is 3. The number of amides is 1. The third kappa shape index (κ3) is 6.07. The highest BCUT2D eigenvalue weighted by molar-refractivity contribution is 5.78. The van der Waals surface area contributed by atoms with Crippen LogP contribution in [-0.4, -0.2) is 102 Å². The molecule has 1 amide bonds. The molecule has 3 heterocycles. The van der Waals surface area contributed by atoms with E-state index in [1.165, 1.54) is 43.5 Å². The van der Waals surface area contributed by atoms with Crippen LogP contribution in [-0.2, 0) is 4.79 Å². The zero-order chi connectivity index (χ0) is 25.1. The normalized spacial score (nSPS) is 20.3. The van der Waals surface area contributed by atoms with Crippen LogP contribution < -0.4 is 9.64 Å². The molecule has 1 saturated carbocycles. The number of rotatable bonds is 6. The second-order valence-corrected chi connectivity index (χ2v) is 9.61. The molecule has 8 nitrogen and oxygen atoms in total. The molecule has 0 unspecified atom stereocenters. The minimum atomic E-state index is -4.72. The van der Waals surface area contributed by atoms with E-state index in [4.69, 9.17) is 0 Å². The predicted octanol–water partition coefficient (Wildman–Crippen LogP) is 2.86. The molecule has 1 aliphatic carbocycles. The van der Waals surface area contributed by atoms with Gasteiger partial charge in [-0.25, -0.2) is 0 Å². The van der Waals surface area contributed by atoms with Crippen molar-refractivity contribution in [2.24, 2.45) is 0 Å². The fourth-order valence-corrected chi connectivity index (χ4v) is 4.99. The van der Waals surface area contributed by atoms with Crippen LogP contribution in [0.2, 0.25) is 0 Å². The van der Waals surface area contributed by atoms with Gasteiger partial charge in [0.05, 0.1) is 12.2 Å². The van der Waals surface area contributed by atoms with Crippen molar-refractivity contribution in [3.05, 3.63) is 36.4 Å². The summed E-state index contributed by atoms with van der Waals surface area (Å²) in [6, 6.07) is 9.97. The highest BCUT2D eigenvalue weighted by Crippen LogP contribution is 2.27. The number of ether oxygens (including phenoxy) is 1. The molecule has 3 aliphatic rings. The van der Waals surface area contributed by atoms with Gasteiger partial charge in [-0.1, -0.05) is 6.42 Å². The van der Waals surface area contributed by atoms with Crippen LogP contribution in [0.5, 0.6) is 5.75 Å². The Kier molecular flexibility index (Phi) is 7.29. The van der Waals surface area contributed by atoms with Gasteiger partial charge in [-0.05, 0) is 49.2 Å². The van der Waals surface area contributed by atoms with Gasteiger partial charge in [-0.15, -0.1) is 23.4 Å². The summed E-state index contributed by atoms with van der Waals surface area (Å²) in [5.41, 5.74) is 1.22. The minimum Gasteiger partial charge on any atom is -0.406 e. The molecule has 0 N–H and O–H groups in total. The monoisotopic (exact) mass is 504 g/mol. The van der Waals surface area contributed by atoms with Gasteiger partial charge in [0.2, 0.25) is 5.91 Å². The Bertz CT molecular complexity index is 1010. The number of aromatic nitrogens is 2. The molecule has 2 aromatic rings. The van der Waals surface area contributed by atoms with E-state index in [9.17, 15) is 18.0 Å². The Hall–Kier alpha value is -2.92. The number of carbonyl (C=O) groups is 1. The average Bonchev–Trinajstić information content (AvgIpc) is 2.84. The van der Waals surface area contributed by atoms with Crippen molar-refractivity contribution in [2.75, 3.05) is 63.8 Å². The maximum atomic E-state index is 12.8. The Morgan fingerprint density at radius 3 is 2.14 bits per heavy atom. The fourth-order valence-electron chi connectivity index (χ4n) is 4.99. The summed E-state index contributed by atoms with van der Waals surface area (Å²) >= 11 is 0. The Balaban J connectivity index is 1.07. The molecule has 5 rings (SSSR count). The number of carbonyl (C=O) groups excluding carboxylic acids is 1. The number of anilines is 1. The first-order chi connectivity index (χ1) is 17.3. The van der Waals surface area contributed by atoms with Crippen LogP contribution in [0.4, 0.5) is 19.0 Å². The second-order valence-electron chi connectivity index (χ2n) is 9.61. The summed E-state index contributed by atoms with van der Waals surface area (Å²) in [6.07, 6.45) is -0.771. The maximum absolute atomic E-state index is 12.8. The minimum absolute atomic E-state index is 0.215. The molecule has 36 heavy (non-hydrogen) atoms. The van der Waals surface area contributed by atoms with Crippen molar-refractivity contribution in [3.63, 3.8) is 0 Å². The van der Waals surface area contributed by atoms with Crippen molar-refractivity contribution in [2.45, 2.75) is 31.7 Å². The van der Waals surface area contributed by atoms with E-state index < -0.39 is 6.36 Å². The SMILES string of the molecule is O=C(CN1CCN(c2ccc(-c3ccc(OC(F)(F)F)cc3)nn2)CC1)N1CCN(C2CCC2)CC1. The molecule has 1 aromatic heterocycles. The smallest absolute Gasteiger partial charge is 0.406 e. The summed E-state index contributed by atoms with van der Waals surface area (Å²) in [5.74, 6) is 0.685. The highest BCUT2D eigenvalue weighted by atomic mass is 19.4. The van der Waals surface area contributed by atoms with E-state index >= 15 is 0 Å². The summed E-state index contributed by atoms with van der Waals surface area (Å²) < 4.78 is 40.9. The van der Waals surface area contributed by atoms with Crippen molar-refractivity contribution in [3.8, 4) is 17.0 Å². The molecule has 194 valence electrons. The van der Waals surface area contributed by atoms with Crippen molar-refractivity contribution >= 4 is 11.7 Å². The molecule has 11 heteroatoms. The summed E-state index contributed by atoms with van der Waals surface area (Å²) in [5, 5.41) is 8.57. The molecule has 0 radical (unpaired) electrons. The lowest BCUT2D eigenvalue weighted by Crippen LogP contribution is -2.56. The predicted molar refractivity (Wildman–Crippen MR) is 129 cm³/mol. The van der Waals surface area contributed by atoms with E-state index in [2.05, 4.69) is 29.6 Å². The van der Waals surface area contributed by atoms with E-state index in [1.807, 2.05) is 11.0 Å². The molecule has 1 aromatic carbocycles. The summed E-state index contributed by atoms with van der Waals surface area (Å²) in [6.45, 7) is 7.14. The first kappa shape index (κ1) is 24.8. The molecule has 0 spiro atoms. The van der Waals surface area contributed by atoms with Crippen LogP contribution in [0.25, 0.3) is 11.3 Å². The number of benzene rings is 1. The van der Waals surface area contributed by atoms with Gasteiger partial charge in [0.15, 0.2) is 5.82 Å². The van der Waals surface area contributed by atoms with Gasteiger partial charge in [0, 0.05) is 64.0 Å². The first-order valence-electron chi connectivity index (χ1n) is 12.5. The summed E-state index contributed by atoms with van der Waals surface area (Å²) in [4.78, 5) is 21.7. The lowest BCUT2D eigenvalue weighted by molar-refractivity contribution is -0.274. The van der Waals surface area contributed by atoms with Crippen LogP contribution in [0.3, 0.4) is 0 Å². The van der Waals surface area contributed by atoms with Crippen molar-refractivity contribution in [1.29, 1.82) is 0 Å². The first-order valence-corrected chi connectivity index (χ1v) is 12.5. The van der Waals surface area contributed by atoms with Crippen molar-refractivity contribution < 1.29 is 22.7 Å². The van der Waals surface area contributed by atoms with Gasteiger partial charge >= 0.3 is 6.36 Å². The number of alkyl halides is 3. The zero-order valence-corrected chi connectivity index (χ0v) is 20.2. The third-order valence-electron chi connectivity index (χ3n) is 7.35. The van der Waals surface area contributed by atoms with E-state index in [0.29, 0.717) is 17.8 Å². The molecular formula is C25H31F3N6O2. The molecule has 3 fully saturated rings. The van der Waals surface area contributed by atoms with E-state index in [1.54, 1.807) is 6.07 Å². The van der Waals surface area contributed by atoms with Crippen LogP contribution in [0.15, 0.2) is 36.4 Å². The fraction of sp³-hybridized carbons (Fsp3) is 0.560. The molecular weight excluding hydrogens is 473 g/mol. The molecule has 0 atom stereocenters. The number of hydrogen-bond donors (Lipinski definition) is 0. The summed E-state index contributed by atoms with van der Waals surface area (Å²) in [7, 11) is 0. The Labute approximate surface area is 208 Å². The number of nitrogens with zero attached hydrogens (tertiary/aromatic N) is 6. The molecule has 2 saturated heterocycles. The highest BCUT2D eigenvalue weighted by Gasteiger charge is 2.31. The van der Waals surface area contributed by atoms with Crippen LogP contribution >= 0.6 is 0 Å². The van der Waals surface area contributed by atoms with Gasteiger partial charge in [0.1, 0.15) is 5.75 Å². The lowest BCUT2D eigenvalue weighted by Gasteiger charge is -2.43. The van der Waals surface area contributed by atoms with Crippen LogP contribution in [0.1, 0.15) is 19.3 Å². The molecule has 0 bridgehead atoms. The Morgan fingerprint density at radius 1 is 0.889 bits per heavy atom. The third-order valence-corrected chi connectivity index (χ3v) is 7.35. The van der Waals surface area contributed by atoms with E-state index in [-0.39, 0.29) is 11.7 Å². The average molecular weight is 505 g/mol. The number of hydrogen-bond acceptors (Lipinski definition) is 7. The van der Waals surface area contributed by atoms with Gasteiger partial charge < -0.3 is 14.5 Å². The largest absolute Gasteiger partial charge is 0.573 e.